The number of H-pyrrole nitrogens is 1. The van der Waals surface area contributed by atoms with Crippen LogP contribution in [-0.4, -0.2) is 54.5 Å². The molecule has 2 aromatic carbocycles. The van der Waals surface area contributed by atoms with Gasteiger partial charge in [-0.2, -0.15) is 0 Å². The van der Waals surface area contributed by atoms with Gasteiger partial charge in [0.25, 0.3) is 0 Å². The van der Waals surface area contributed by atoms with Crippen LogP contribution in [0.2, 0.25) is 0 Å². The maximum atomic E-state index is 13.5. The number of carbonyl (C=O) groups excluding carboxylic acids is 1. The lowest BCUT2D eigenvalue weighted by Gasteiger charge is -2.15. The molecule has 1 fully saturated rings. The van der Waals surface area contributed by atoms with E-state index in [-0.39, 0.29) is 11.5 Å². The number of carbonyl (C=O) groups is 1. The van der Waals surface area contributed by atoms with E-state index in [1.54, 1.807) is 25.1 Å². The van der Waals surface area contributed by atoms with Gasteiger partial charge >= 0.3 is 0 Å². The molecule has 0 saturated carbocycles. The normalized spacial score (nSPS) is 14.8. The van der Waals surface area contributed by atoms with E-state index in [9.17, 15) is 13.2 Å². The summed E-state index contributed by atoms with van der Waals surface area (Å²) in [5.74, 6) is 0.159. The molecule has 0 radical (unpaired) electrons. The summed E-state index contributed by atoms with van der Waals surface area (Å²) >= 11 is 0. The second-order valence-electron chi connectivity index (χ2n) is 9.89. The lowest BCUT2D eigenvalue weighted by molar-refractivity contribution is 0.0975. The van der Waals surface area contributed by atoms with Crippen molar-refractivity contribution in [3.63, 3.8) is 0 Å². The Balaban J connectivity index is 1.65. The summed E-state index contributed by atoms with van der Waals surface area (Å²) in [5.41, 5.74) is 5.91. The van der Waals surface area contributed by atoms with E-state index in [2.05, 4.69) is 20.9 Å². The number of aryl methyl sites for hydroxylation is 2. The monoisotopic (exact) mass is 503 g/mol. The van der Waals surface area contributed by atoms with Crippen LogP contribution in [0.1, 0.15) is 54.1 Å². The third-order valence-corrected chi connectivity index (χ3v) is 9.12. The van der Waals surface area contributed by atoms with Gasteiger partial charge in [-0.1, -0.05) is 19.1 Å². The lowest BCUT2D eigenvalue weighted by atomic mass is 9.91. The summed E-state index contributed by atoms with van der Waals surface area (Å²) in [6.07, 6.45) is 5.64. The first-order valence-corrected chi connectivity index (χ1v) is 14.4. The van der Waals surface area contributed by atoms with Crippen LogP contribution in [0.25, 0.3) is 33.1 Å². The van der Waals surface area contributed by atoms with Crippen LogP contribution in [0, 0.1) is 13.8 Å². The summed E-state index contributed by atoms with van der Waals surface area (Å²) in [5, 5.41) is 1.94. The number of nitrogens with one attached hydrogen (secondary N) is 1. The molecule has 1 N–H and O–H groups in total. The van der Waals surface area contributed by atoms with Gasteiger partial charge in [0.2, 0.25) is 0 Å². The van der Waals surface area contributed by atoms with Crippen LogP contribution in [0.15, 0.2) is 47.5 Å². The van der Waals surface area contributed by atoms with Crippen molar-refractivity contribution >= 4 is 37.6 Å². The van der Waals surface area contributed by atoms with Gasteiger partial charge in [-0.3, -0.25) is 4.79 Å². The minimum atomic E-state index is -3.36. The Labute approximate surface area is 212 Å². The van der Waals surface area contributed by atoms with Crippen molar-refractivity contribution in [3.05, 3.63) is 59.3 Å². The Kier molecular flexibility index (Phi) is 6.70. The molecule has 0 spiro atoms. The van der Waals surface area contributed by atoms with E-state index in [1.807, 2.05) is 32.2 Å². The number of fused-ring (bicyclic) bond motifs is 3. The molecule has 0 aliphatic carbocycles. The second-order valence-corrected chi connectivity index (χ2v) is 12.2. The van der Waals surface area contributed by atoms with Gasteiger partial charge < -0.3 is 9.88 Å². The predicted molar refractivity (Wildman–Crippen MR) is 145 cm³/mol. The molecular weight excluding hydrogens is 470 g/mol. The molecule has 2 aromatic heterocycles. The maximum absolute atomic E-state index is 13.5. The topological polar surface area (TPSA) is 83.1 Å². The lowest BCUT2D eigenvalue weighted by Crippen LogP contribution is -2.21. The number of rotatable bonds is 8. The SMILES string of the molecule is CCS(=O)(=O)c1cccc(-c2cc(C(=O)CCCN3CCCC3)c(C)c3[nH]c4ncc(C)cc4c23)c1. The standard InChI is InChI=1S/C29H33N3O3S/c1-4-36(34,35)22-10-7-9-21(16-22)24-17-23(26(33)11-8-14-32-12-5-6-13-32)20(3)28-27(24)25-15-19(2)18-30-29(25)31-28/h7,9-10,15-18H,4-6,8,11-14H2,1-3H3,(H,30,31). The van der Waals surface area contributed by atoms with Crippen molar-refractivity contribution in [2.24, 2.45) is 0 Å². The van der Waals surface area contributed by atoms with Crippen molar-refractivity contribution in [1.29, 1.82) is 0 Å². The third kappa shape index (κ3) is 4.58. The van der Waals surface area contributed by atoms with E-state index in [0.29, 0.717) is 16.9 Å². The molecule has 1 aliphatic heterocycles. The van der Waals surface area contributed by atoms with Crippen molar-refractivity contribution < 1.29 is 13.2 Å². The molecule has 1 saturated heterocycles. The molecule has 0 unspecified atom stereocenters. The number of hydrogen-bond acceptors (Lipinski definition) is 5. The zero-order valence-electron chi connectivity index (χ0n) is 21.2. The van der Waals surface area contributed by atoms with Crippen molar-refractivity contribution in [2.45, 2.75) is 51.3 Å². The Hall–Kier alpha value is -3.03. The number of nitrogens with zero attached hydrogens (tertiary/aromatic N) is 2. The molecule has 5 rings (SSSR count). The maximum Gasteiger partial charge on any atom is 0.178 e. The highest BCUT2D eigenvalue weighted by atomic mass is 32.2. The molecule has 0 bridgehead atoms. The number of likely N-dealkylation sites (tertiary alicyclic amines) is 1. The van der Waals surface area contributed by atoms with Crippen LogP contribution in [0.4, 0.5) is 0 Å². The number of sulfone groups is 1. The van der Waals surface area contributed by atoms with Gasteiger partial charge in [0, 0.05) is 29.0 Å². The van der Waals surface area contributed by atoms with Gasteiger partial charge in [-0.05, 0) is 99.3 Å². The van der Waals surface area contributed by atoms with E-state index < -0.39 is 9.84 Å². The van der Waals surface area contributed by atoms with E-state index in [1.165, 1.54) is 12.8 Å². The third-order valence-electron chi connectivity index (χ3n) is 7.39. The van der Waals surface area contributed by atoms with Crippen molar-refractivity contribution in [2.75, 3.05) is 25.4 Å². The molecule has 4 aromatic rings. The number of Topliss-reactive ketones (excluding diaryl/α,β-unsaturated/α-hetero) is 1. The fourth-order valence-electron chi connectivity index (χ4n) is 5.34. The minimum absolute atomic E-state index is 0.0384. The number of aromatic amines is 1. The van der Waals surface area contributed by atoms with Crippen LogP contribution >= 0.6 is 0 Å². The average Bonchev–Trinajstić information content (AvgIpc) is 3.52. The molecule has 1 aliphatic rings. The van der Waals surface area contributed by atoms with E-state index >= 15 is 0 Å². The zero-order chi connectivity index (χ0) is 25.4. The van der Waals surface area contributed by atoms with Gasteiger partial charge in [0.05, 0.1) is 16.2 Å². The summed E-state index contributed by atoms with van der Waals surface area (Å²) < 4.78 is 25.3. The highest BCUT2D eigenvalue weighted by Crippen LogP contribution is 2.38. The Morgan fingerprint density at radius 3 is 2.64 bits per heavy atom. The number of aromatic nitrogens is 2. The summed E-state index contributed by atoms with van der Waals surface area (Å²) in [6.45, 7) is 8.85. The Bertz CT molecular complexity index is 1560. The van der Waals surface area contributed by atoms with E-state index in [4.69, 9.17) is 0 Å². The summed E-state index contributed by atoms with van der Waals surface area (Å²) in [7, 11) is -3.36. The highest BCUT2D eigenvalue weighted by molar-refractivity contribution is 7.91. The fraction of sp³-hybridized carbons (Fsp3) is 0.379. The summed E-state index contributed by atoms with van der Waals surface area (Å²) in [4.78, 5) is 24.2. The van der Waals surface area contributed by atoms with Gasteiger partial charge in [0.15, 0.2) is 15.6 Å². The quantitative estimate of drug-likeness (QED) is 0.305. The smallest absolute Gasteiger partial charge is 0.178 e. The van der Waals surface area contributed by atoms with Crippen LogP contribution in [0.3, 0.4) is 0 Å². The largest absolute Gasteiger partial charge is 0.339 e. The van der Waals surface area contributed by atoms with Crippen LogP contribution < -0.4 is 0 Å². The Morgan fingerprint density at radius 2 is 1.89 bits per heavy atom. The molecule has 7 heteroatoms. The first-order valence-electron chi connectivity index (χ1n) is 12.8. The summed E-state index contributed by atoms with van der Waals surface area (Å²) in [6, 6.07) is 11.1. The number of ketones is 1. The molecule has 36 heavy (non-hydrogen) atoms. The molecule has 188 valence electrons. The predicted octanol–water partition coefficient (Wildman–Crippen LogP) is 5.85. The number of hydrogen-bond donors (Lipinski definition) is 1. The molecule has 3 heterocycles. The Morgan fingerprint density at radius 1 is 1.11 bits per heavy atom. The average molecular weight is 504 g/mol. The fourth-order valence-corrected chi connectivity index (χ4v) is 6.27. The first kappa shape index (κ1) is 24.7. The minimum Gasteiger partial charge on any atom is -0.339 e. The van der Waals surface area contributed by atoms with Crippen LogP contribution in [-0.2, 0) is 9.84 Å². The van der Waals surface area contributed by atoms with Gasteiger partial charge in [-0.15, -0.1) is 0 Å². The van der Waals surface area contributed by atoms with Gasteiger partial charge in [0.1, 0.15) is 5.65 Å². The van der Waals surface area contributed by atoms with Crippen molar-refractivity contribution in [3.8, 4) is 11.1 Å². The molecule has 0 atom stereocenters. The highest BCUT2D eigenvalue weighted by Gasteiger charge is 2.21. The molecular formula is C29H33N3O3S. The van der Waals surface area contributed by atoms with Crippen LogP contribution in [0.5, 0.6) is 0 Å². The molecule has 0 amide bonds. The van der Waals surface area contributed by atoms with Gasteiger partial charge in [-0.25, -0.2) is 13.4 Å². The van der Waals surface area contributed by atoms with Crippen molar-refractivity contribution in [1.82, 2.24) is 14.9 Å². The molecule has 6 nitrogen and oxygen atoms in total. The first-order chi connectivity index (χ1) is 17.3. The van der Waals surface area contributed by atoms with E-state index in [0.717, 1.165) is 70.2 Å². The second kappa shape index (κ2) is 9.79. The number of pyridine rings is 1. The zero-order valence-corrected chi connectivity index (χ0v) is 22.0. The number of benzene rings is 2.